The Hall–Kier alpha value is -4.12. The molecule has 4 heterocycles. The van der Waals surface area contributed by atoms with E-state index in [-0.39, 0.29) is 11.6 Å². The molecule has 1 amide bonds. The number of nitro groups is 1. The van der Waals surface area contributed by atoms with E-state index in [2.05, 4.69) is 25.1 Å². The number of carbonyl (C=O) groups excluding carboxylic acids is 1. The molecule has 1 N–H and O–H groups in total. The molecule has 1 saturated heterocycles. The number of hydrogen-bond donors (Lipinski definition) is 1. The highest BCUT2D eigenvalue weighted by molar-refractivity contribution is 7.20. The number of nitrogens with one attached hydrogen (secondary N) is 1. The highest BCUT2D eigenvalue weighted by Crippen LogP contribution is 2.36. The Morgan fingerprint density at radius 1 is 1.06 bits per heavy atom. The molecule has 0 atom stereocenters. The van der Waals surface area contributed by atoms with Crippen LogP contribution in [0.15, 0.2) is 42.6 Å². The van der Waals surface area contributed by atoms with Crippen molar-refractivity contribution in [2.45, 2.75) is 20.8 Å². The van der Waals surface area contributed by atoms with Gasteiger partial charge in [0.2, 0.25) is 0 Å². The van der Waals surface area contributed by atoms with E-state index in [1.54, 1.807) is 19.2 Å². The number of aryl methyl sites for hydroxylation is 3. The molecule has 5 rings (SSSR count). The predicted molar refractivity (Wildman–Crippen MR) is 141 cm³/mol. The first-order valence-corrected chi connectivity index (χ1v) is 12.4. The number of pyridine rings is 1. The standard InChI is InChI=1S/C25H25N7O3S/c1-15-14-18(32(34)35)7-8-19(15)29-24(33)22-16(2)21-23(27-17(3)28-25(21)36-22)31-12-10-30(11-13-31)20-6-4-5-9-26-20/h4-9,14H,10-13H2,1-3H3,(H,29,33). The molecule has 0 aliphatic carbocycles. The second-order valence-electron chi connectivity index (χ2n) is 8.70. The molecule has 0 bridgehead atoms. The van der Waals surface area contributed by atoms with Gasteiger partial charge in [0.05, 0.1) is 15.2 Å². The lowest BCUT2D eigenvalue weighted by atomic mass is 10.1. The molecule has 3 aromatic heterocycles. The van der Waals surface area contributed by atoms with Gasteiger partial charge in [0, 0.05) is 50.2 Å². The number of benzene rings is 1. The maximum atomic E-state index is 13.2. The van der Waals surface area contributed by atoms with Gasteiger partial charge in [0.15, 0.2) is 0 Å². The summed E-state index contributed by atoms with van der Waals surface area (Å²) < 4.78 is 0. The Kier molecular flexibility index (Phi) is 6.23. The van der Waals surface area contributed by atoms with Gasteiger partial charge < -0.3 is 15.1 Å². The van der Waals surface area contributed by atoms with Gasteiger partial charge in [-0.15, -0.1) is 11.3 Å². The van der Waals surface area contributed by atoms with Crippen LogP contribution in [0.3, 0.4) is 0 Å². The molecule has 11 heteroatoms. The van der Waals surface area contributed by atoms with E-state index >= 15 is 0 Å². The van der Waals surface area contributed by atoms with E-state index in [1.807, 2.05) is 32.0 Å². The minimum Gasteiger partial charge on any atom is -0.353 e. The number of fused-ring (bicyclic) bond motifs is 1. The van der Waals surface area contributed by atoms with Crippen LogP contribution >= 0.6 is 11.3 Å². The summed E-state index contributed by atoms with van der Waals surface area (Å²) in [5, 5.41) is 14.8. The molecule has 4 aromatic rings. The Morgan fingerprint density at radius 3 is 2.47 bits per heavy atom. The summed E-state index contributed by atoms with van der Waals surface area (Å²) in [6.07, 6.45) is 1.80. The van der Waals surface area contributed by atoms with Crippen LogP contribution in [0, 0.1) is 30.9 Å². The quantitative estimate of drug-likeness (QED) is 0.313. The lowest BCUT2D eigenvalue weighted by Crippen LogP contribution is -2.47. The number of amides is 1. The average molecular weight is 504 g/mol. The lowest BCUT2D eigenvalue weighted by molar-refractivity contribution is -0.384. The van der Waals surface area contributed by atoms with Crippen LogP contribution in [0.25, 0.3) is 10.2 Å². The van der Waals surface area contributed by atoms with Crippen molar-refractivity contribution in [1.29, 1.82) is 0 Å². The number of piperazine rings is 1. The zero-order valence-electron chi connectivity index (χ0n) is 20.2. The summed E-state index contributed by atoms with van der Waals surface area (Å²) in [6.45, 7) is 8.71. The van der Waals surface area contributed by atoms with Gasteiger partial charge >= 0.3 is 0 Å². The molecule has 1 aliphatic heterocycles. The van der Waals surface area contributed by atoms with Crippen LogP contribution in [-0.4, -0.2) is 52.0 Å². The third-order valence-corrected chi connectivity index (χ3v) is 7.50. The number of thiophene rings is 1. The normalized spacial score (nSPS) is 13.8. The fourth-order valence-corrected chi connectivity index (χ4v) is 5.55. The molecule has 36 heavy (non-hydrogen) atoms. The minimum absolute atomic E-state index is 0.0120. The fraction of sp³-hybridized carbons (Fsp3) is 0.280. The lowest BCUT2D eigenvalue weighted by Gasteiger charge is -2.36. The summed E-state index contributed by atoms with van der Waals surface area (Å²) in [5.74, 6) is 2.20. The maximum Gasteiger partial charge on any atom is 0.269 e. The fourth-order valence-electron chi connectivity index (χ4n) is 4.44. The number of rotatable bonds is 5. The summed E-state index contributed by atoms with van der Waals surface area (Å²) >= 11 is 1.34. The second kappa shape index (κ2) is 9.50. The van der Waals surface area contributed by atoms with E-state index in [0.717, 1.165) is 53.6 Å². The number of carbonyl (C=O) groups is 1. The predicted octanol–water partition coefficient (Wildman–Crippen LogP) is 4.50. The van der Waals surface area contributed by atoms with Gasteiger partial charge in [-0.3, -0.25) is 14.9 Å². The molecular formula is C25H25N7O3S. The van der Waals surface area contributed by atoms with E-state index < -0.39 is 4.92 Å². The van der Waals surface area contributed by atoms with Gasteiger partial charge in [-0.2, -0.15) is 0 Å². The van der Waals surface area contributed by atoms with Crippen LogP contribution in [-0.2, 0) is 0 Å². The zero-order valence-corrected chi connectivity index (χ0v) is 21.0. The van der Waals surface area contributed by atoms with Crippen molar-refractivity contribution in [2.24, 2.45) is 0 Å². The minimum atomic E-state index is -0.451. The highest BCUT2D eigenvalue weighted by atomic mass is 32.1. The van der Waals surface area contributed by atoms with Crippen molar-refractivity contribution in [3.63, 3.8) is 0 Å². The van der Waals surface area contributed by atoms with Crippen molar-refractivity contribution in [3.05, 3.63) is 74.5 Å². The van der Waals surface area contributed by atoms with E-state index in [9.17, 15) is 14.9 Å². The molecule has 184 valence electrons. The number of anilines is 3. The van der Waals surface area contributed by atoms with Crippen molar-refractivity contribution in [2.75, 3.05) is 41.3 Å². The van der Waals surface area contributed by atoms with Crippen molar-refractivity contribution in [3.8, 4) is 0 Å². The molecule has 1 aliphatic rings. The smallest absolute Gasteiger partial charge is 0.269 e. The molecule has 1 fully saturated rings. The first-order chi connectivity index (χ1) is 17.3. The number of nitro benzene ring substituents is 1. The van der Waals surface area contributed by atoms with Gasteiger partial charge in [-0.25, -0.2) is 15.0 Å². The number of nitrogens with zero attached hydrogens (tertiary/aromatic N) is 6. The van der Waals surface area contributed by atoms with Crippen LogP contribution in [0.1, 0.15) is 26.6 Å². The van der Waals surface area contributed by atoms with E-state index in [0.29, 0.717) is 22.0 Å². The number of hydrogen-bond acceptors (Lipinski definition) is 9. The molecule has 1 aromatic carbocycles. The van der Waals surface area contributed by atoms with Gasteiger partial charge in [-0.05, 0) is 50.1 Å². The Balaban J connectivity index is 1.42. The van der Waals surface area contributed by atoms with E-state index in [1.165, 1.54) is 23.5 Å². The monoisotopic (exact) mass is 503 g/mol. The SMILES string of the molecule is Cc1nc(N2CCN(c3ccccn3)CC2)c2c(C)c(C(=O)Nc3ccc([N+](=O)[O-])cc3C)sc2n1. The van der Waals surface area contributed by atoms with E-state index in [4.69, 9.17) is 4.98 Å². The van der Waals surface area contributed by atoms with Crippen LogP contribution < -0.4 is 15.1 Å². The molecule has 0 saturated carbocycles. The van der Waals surface area contributed by atoms with Crippen molar-refractivity contribution in [1.82, 2.24) is 15.0 Å². The van der Waals surface area contributed by atoms with Gasteiger partial charge in [0.1, 0.15) is 22.3 Å². The molecular weight excluding hydrogens is 478 g/mol. The summed E-state index contributed by atoms with van der Waals surface area (Å²) in [6, 6.07) is 10.3. The molecule has 0 spiro atoms. The first-order valence-electron chi connectivity index (χ1n) is 11.6. The Morgan fingerprint density at radius 2 is 1.81 bits per heavy atom. The maximum absolute atomic E-state index is 13.2. The van der Waals surface area contributed by atoms with Crippen molar-refractivity contribution < 1.29 is 9.72 Å². The molecule has 10 nitrogen and oxygen atoms in total. The molecule has 0 radical (unpaired) electrons. The second-order valence-corrected chi connectivity index (χ2v) is 9.70. The zero-order chi connectivity index (χ0) is 25.4. The molecule has 0 unspecified atom stereocenters. The van der Waals surface area contributed by atoms with Crippen LogP contribution in [0.5, 0.6) is 0 Å². The average Bonchev–Trinajstić information content (AvgIpc) is 3.21. The number of aromatic nitrogens is 3. The number of non-ortho nitro benzene ring substituents is 1. The topological polar surface area (TPSA) is 117 Å². The highest BCUT2D eigenvalue weighted by Gasteiger charge is 2.26. The third kappa shape index (κ3) is 4.44. The Labute approximate surface area is 211 Å². The van der Waals surface area contributed by atoms with Gasteiger partial charge in [-0.1, -0.05) is 6.07 Å². The summed E-state index contributed by atoms with van der Waals surface area (Å²) in [4.78, 5) is 43.5. The third-order valence-electron chi connectivity index (χ3n) is 6.31. The van der Waals surface area contributed by atoms with Crippen molar-refractivity contribution >= 4 is 50.5 Å². The largest absolute Gasteiger partial charge is 0.353 e. The van der Waals surface area contributed by atoms with Crippen LogP contribution in [0.4, 0.5) is 23.0 Å². The van der Waals surface area contributed by atoms with Crippen LogP contribution in [0.2, 0.25) is 0 Å². The summed E-state index contributed by atoms with van der Waals surface area (Å²) in [5.41, 5.74) is 1.98. The first kappa shape index (κ1) is 23.6. The van der Waals surface area contributed by atoms with Gasteiger partial charge in [0.25, 0.3) is 11.6 Å². The summed E-state index contributed by atoms with van der Waals surface area (Å²) in [7, 11) is 0. The Bertz CT molecular complexity index is 1460.